The summed E-state index contributed by atoms with van der Waals surface area (Å²) in [6, 6.07) is 8.00. The van der Waals surface area contributed by atoms with Gasteiger partial charge in [0.1, 0.15) is 5.01 Å². The summed E-state index contributed by atoms with van der Waals surface area (Å²) in [6.45, 7) is 4.72. The van der Waals surface area contributed by atoms with Crippen molar-refractivity contribution >= 4 is 27.5 Å². The van der Waals surface area contributed by atoms with Crippen LogP contribution in [0.3, 0.4) is 0 Å². The van der Waals surface area contributed by atoms with Gasteiger partial charge in [-0.25, -0.2) is 4.98 Å². The van der Waals surface area contributed by atoms with Crippen LogP contribution in [-0.4, -0.2) is 34.0 Å². The molecule has 1 aromatic heterocycles. The van der Waals surface area contributed by atoms with Crippen molar-refractivity contribution in [3.8, 4) is 0 Å². The van der Waals surface area contributed by atoms with Gasteiger partial charge in [0.15, 0.2) is 0 Å². The molecule has 2 rings (SSSR count). The number of rotatable bonds is 5. The first kappa shape index (κ1) is 13.0. The molecule has 1 atom stereocenters. The first-order chi connectivity index (χ1) is 8.61. The molecular weight excluding hydrogens is 248 g/mol. The van der Waals surface area contributed by atoms with E-state index in [-0.39, 0.29) is 12.6 Å². The third-order valence-electron chi connectivity index (χ3n) is 2.96. The molecule has 0 fully saturated rings. The summed E-state index contributed by atoms with van der Waals surface area (Å²) in [6.07, 6.45) is 0. The molecule has 0 aliphatic rings. The van der Waals surface area contributed by atoms with Crippen molar-refractivity contribution < 1.29 is 9.90 Å². The summed E-state index contributed by atoms with van der Waals surface area (Å²) in [5.41, 5.74) is 0.982. The molecule has 0 amide bonds. The maximum Gasteiger partial charge on any atom is 0.317 e. The molecule has 4 nitrogen and oxygen atoms in total. The fraction of sp³-hybridized carbons (Fsp3) is 0.385. The Hall–Kier alpha value is -1.46. The molecule has 18 heavy (non-hydrogen) atoms. The molecule has 0 bridgehead atoms. The molecule has 5 heteroatoms. The zero-order valence-corrected chi connectivity index (χ0v) is 11.3. The molecule has 0 radical (unpaired) electrons. The zero-order valence-electron chi connectivity index (χ0n) is 10.5. The van der Waals surface area contributed by atoms with Crippen LogP contribution in [-0.2, 0) is 4.79 Å². The van der Waals surface area contributed by atoms with E-state index in [0.29, 0.717) is 6.54 Å². The molecule has 1 heterocycles. The molecule has 1 N–H and O–H groups in total. The number of aromatic nitrogens is 1. The maximum atomic E-state index is 10.8. The summed E-state index contributed by atoms with van der Waals surface area (Å²) in [4.78, 5) is 17.3. The van der Waals surface area contributed by atoms with Gasteiger partial charge in [0, 0.05) is 0 Å². The lowest BCUT2D eigenvalue weighted by molar-refractivity contribution is -0.138. The lowest BCUT2D eigenvalue weighted by atomic mass is 10.3. The Kier molecular flexibility index (Phi) is 3.93. The first-order valence-electron chi connectivity index (χ1n) is 5.93. The van der Waals surface area contributed by atoms with E-state index in [2.05, 4.69) is 4.98 Å². The summed E-state index contributed by atoms with van der Waals surface area (Å²) in [7, 11) is 0. The third-order valence-corrected chi connectivity index (χ3v) is 4.17. The lowest BCUT2D eigenvalue weighted by Crippen LogP contribution is -2.32. The Balaban J connectivity index is 2.26. The number of hydrogen-bond acceptors (Lipinski definition) is 4. The molecule has 0 aliphatic heterocycles. The van der Waals surface area contributed by atoms with E-state index in [1.807, 2.05) is 43.0 Å². The number of hydrogen-bond donors (Lipinski definition) is 1. The highest BCUT2D eigenvalue weighted by Crippen LogP contribution is 2.29. The summed E-state index contributed by atoms with van der Waals surface area (Å²) >= 11 is 1.63. The Bertz CT molecular complexity index is 520. The Morgan fingerprint density at radius 2 is 2.22 bits per heavy atom. The number of fused-ring (bicyclic) bond motifs is 1. The molecule has 0 saturated carbocycles. The van der Waals surface area contributed by atoms with Crippen molar-refractivity contribution in [2.45, 2.75) is 19.9 Å². The minimum Gasteiger partial charge on any atom is -0.480 e. The number of para-hydroxylation sites is 1. The maximum absolute atomic E-state index is 10.8. The van der Waals surface area contributed by atoms with Gasteiger partial charge < -0.3 is 5.11 Å². The summed E-state index contributed by atoms with van der Waals surface area (Å²) < 4.78 is 1.14. The SMILES string of the molecule is CCN(CC(=O)O)C(C)c1nc2ccccc2s1. The van der Waals surface area contributed by atoms with Crippen molar-refractivity contribution in [1.29, 1.82) is 0 Å². The van der Waals surface area contributed by atoms with Crippen molar-refractivity contribution in [2.24, 2.45) is 0 Å². The average Bonchev–Trinajstić information content (AvgIpc) is 2.78. The zero-order chi connectivity index (χ0) is 13.1. The standard InChI is InChI=1S/C13H16N2O2S/c1-3-15(8-12(16)17)9(2)13-14-10-6-4-5-7-11(10)18-13/h4-7,9H,3,8H2,1-2H3,(H,16,17). The largest absolute Gasteiger partial charge is 0.480 e. The van der Waals surface area contributed by atoms with E-state index < -0.39 is 5.97 Å². The molecule has 0 spiro atoms. The van der Waals surface area contributed by atoms with Crippen LogP contribution < -0.4 is 0 Å². The molecule has 0 aliphatic carbocycles. The van der Waals surface area contributed by atoms with Crippen LogP contribution in [0.2, 0.25) is 0 Å². The van der Waals surface area contributed by atoms with E-state index >= 15 is 0 Å². The highest BCUT2D eigenvalue weighted by atomic mass is 32.1. The number of aliphatic carboxylic acids is 1. The minimum absolute atomic E-state index is 0.0310. The van der Waals surface area contributed by atoms with E-state index in [1.165, 1.54) is 0 Å². The number of carbonyl (C=O) groups is 1. The van der Waals surface area contributed by atoms with Gasteiger partial charge in [-0.15, -0.1) is 11.3 Å². The van der Waals surface area contributed by atoms with Gasteiger partial charge in [0.2, 0.25) is 0 Å². The summed E-state index contributed by atoms with van der Waals surface area (Å²) in [5.74, 6) is -0.801. The van der Waals surface area contributed by atoms with Crippen LogP contribution in [0.5, 0.6) is 0 Å². The number of benzene rings is 1. The monoisotopic (exact) mass is 264 g/mol. The number of carboxylic acid groups (broad SMARTS) is 1. The lowest BCUT2D eigenvalue weighted by Gasteiger charge is -2.24. The van der Waals surface area contributed by atoms with Crippen LogP contribution in [0.15, 0.2) is 24.3 Å². The number of thiazole rings is 1. The topological polar surface area (TPSA) is 53.4 Å². The predicted octanol–water partition coefficient (Wildman–Crippen LogP) is 2.76. The van der Waals surface area contributed by atoms with Gasteiger partial charge in [-0.1, -0.05) is 19.1 Å². The normalized spacial score (nSPS) is 13.1. The second-order valence-corrected chi connectivity index (χ2v) is 5.21. The van der Waals surface area contributed by atoms with Crippen molar-refractivity contribution in [3.05, 3.63) is 29.3 Å². The quantitative estimate of drug-likeness (QED) is 0.902. The van der Waals surface area contributed by atoms with Crippen molar-refractivity contribution in [2.75, 3.05) is 13.1 Å². The van der Waals surface area contributed by atoms with Gasteiger partial charge in [-0.05, 0) is 25.6 Å². The average molecular weight is 264 g/mol. The fourth-order valence-electron chi connectivity index (χ4n) is 1.92. The van der Waals surface area contributed by atoms with Gasteiger partial charge in [0.25, 0.3) is 0 Å². The van der Waals surface area contributed by atoms with Gasteiger partial charge >= 0.3 is 5.97 Å². The van der Waals surface area contributed by atoms with Gasteiger partial charge in [-0.2, -0.15) is 0 Å². The Labute approximate surface area is 110 Å². The first-order valence-corrected chi connectivity index (χ1v) is 6.74. The van der Waals surface area contributed by atoms with Crippen LogP contribution in [0, 0.1) is 0 Å². The van der Waals surface area contributed by atoms with E-state index in [0.717, 1.165) is 15.2 Å². The molecule has 1 unspecified atom stereocenters. The molecule has 96 valence electrons. The minimum atomic E-state index is -0.801. The molecule has 1 aromatic carbocycles. The highest BCUT2D eigenvalue weighted by Gasteiger charge is 2.19. The molecule has 2 aromatic rings. The molecular formula is C13H16N2O2S. The van der Waals surface area contributed by atoms with Gasteiger partial charge in [-0.3, -0.25) is 9.69 Å². The van der Waals surface area contributed by atoms with Crippen molar-refractivity contribution in [1.82, 2.24) is 9.88 Å². The Morgan fingerprint density at radius 3 is 2.83 bits per heavy atom. The highest BCUT2D eigenvalue weighted by molar-refractivity contribution is 7.18. The van der Waals surface area contributed by atoms with E-state index in [1.54, 1.807) is 11.3 Å². The van der Waals surface area contributed by atoms with Crippen LogP contribution in [0.25, 0.3) is 10.2 Å². The predicted molar refractivity (Wildman–Crippen MR) is 72.9 cm³/mol. The van der Waals surface area contributed by atoms with Gasteiger partial charge in [0.05, 0.1) is 22.8 Å². The fourth-order valence-corrected chi connectivity index (χ4v) is 2.98. The van der Waals surface area contributed by atoms with Crippen LogP contribution in [0.4, 0.5) is 0 Å². The number of carboxylic acids is 1. The number of nitrogens with zero attached hydrogens (tertiary/aromatic N) is 2. The summed E-state index contributed by atoms with van der Waals surface area (Å²) in [5, 5.41) is 9.86. The van der Waals surface area contributed by atoms with E-state index in [4.69, 9.17) is 5.11 Å². The number of likely N-dealkylation sites (N-methyl/N-ethyl adjacent to an activating group) is 1. The van der Waals surface area contributed by atoms with Crippen LogP contribution >= 0.6 is 11.3 Å². The smallest absolute Gasteiger partial charge is 0.317 e. The second kappa shape index (κ2) is 5.46. The van der Waals surface area contributed by atoms with Crippen molar-refractivity contribution in [3.63, 3.8) is 0 Å². The molecule has 0 saturated heterocycles. The third kappa shape index (κ3) is 2.68. The second-order valence-electron chi connectivity index (χ2n) is 4.15. The Morgan fingerprint density at radius 1 is 1.50 bits per heavy atom. The van der Waals surface area contributed by atoms with E-state index in [9.17, 15) is 4.79 Å². The van der Waals surface area contributed by atoms with Crippen LogP contribution in [0.1, 0.15) is 24.9 Å².